The van der Waals surface area contributed by atoms with Gasteiger partial charge in [-0.2, -0.15) is 0 Å². The number of hydrogen-bond donors (Lipinski definition) is 0. The molecule has 1 amide bonds. The molecular weight excluding hydrogens is 297 g/mol. The van der Waals surface area contributed by atoms with Crippen LogP contribution >= 0.6 is 0 Å². The Hall–Kier alpha value is -1.91. The highest BCUT2D eigenvalue weighted by atomic mass is 19.1. The van der Waals surface area contributed by atoms with Crippen LogP contribution in [0.4, 0.5) is 4.39 Å². The number of ether oxygens (including phenoxy) is 1. The third-order valence-electron chi connectivity index (χ3n) is 5.35. The summed E-state index contributed by atoms with van der Waals surface area (Å²) in [7, 11) is 0. The van der Waals surface area contributed by atoms with Gasteiger partial charge in [-0.25, -0.2) is 4.39 Å². The number of esters is 1. The highest BCUT2D eigenvalue weighted by Crippen LogP contribution is 2.57. The van der Waals surface area contributed by atoms with Gasteiger partial charge in [-0.15, -0.1) is 6.58 Å². The molecule has 0 aromatic heterocycles. The molecule has 5 heteroatoms. The zero-order valence-corrected chi connectivity index (χ0v) is 13.3. The Kier molecular flexibility index (Phi) is 3.90. The first kappa shape index (κ1) is 16.0. The van der Waals surface area contributed by atoms with Crippen LogP contribution in [0, 0.1) is 11.3 Å². The minimum atomic E-state index is -1.65. The van der Waals surface area contributed by atoms with Gasteiger partial charge in [-0.3, -0.25) is 9.59 Å². The van der Waals surface area contributed by atoms with Crippen LogP contribution < -0.4 is 0 Å². The fourth-order valence-corrected chi connectivity index (χ4v) is 3.75. The van der Waals surface area contributed by atoms with Crippen LogP contribution in [-0.2, 0) is 14.3 Å². The lowest BCUT2D eigenvalue weighted by Gasteiger charge is -2.38. The SMILES string of the molecule is C=C[C@]1(N2C[C@H](C3(C(=O)OCC)CC3)[C@@H](F)C2=O)C=CC=CC1. The summed E-state index contributed by atoms with van der Waals surface area (Å²) < 4.78 is 19.9. The summed E-state index contributed by atoms with van der Waals surface area (Å²) in [5.41, 5.74) is -1.52. The molecule has 23 heavy (non-hydrogen) atoms. The molecule has 0 bridgehead atoms. The predicted octanol–water partition coefficient (Wildman–Crippen LogP) is 2.57. The molecule has 0 spiro atoms. The number of allylic oxidation sites excluding steroid dienone is 2. The summed E-state index contributed by atoms with van der Waals surface area (Å²) in [6.07, 6.45) is 9.34. The lowest BCUT2D eigenvalue weighted by molar-refractivity contribution is -0.152. The average Bonchev–Trinajstić information content (AvgIpc) is 3.31. The molecule has 1 saturated carbocycles. The number of nitrogens with zero attached hydrogens (tertiary/aromatic N) is 1. The molecule has 0 N–H and O–H groups in total. The normalized spacial score (nSPS) is 34.5. The molecule has 0 unspecified atom stereocenters. The van der Waals surface area contributed by atoms with Gasteiger partial charge in [0, 0.05) is 12.5 Å². The van der Waals surface area contributed by atoms with Gasteiger partial charge in [0.15, 0.2) is 6.17 Å². The fourth-order valence-electron chi connectivity index (χ4n) is 3.75. The van der Waals surface area contributed by atoms with Crippen molar-refractivity contribution in [2.45, 2.75) is 37.9 Å². The second kappa shape index (κ2) is 5.62. The molecule has 1 heterocycles. The average molecular weight is 319 g/mol. The van der Waals surface area contributed by atoms with E-state index in [9.17, 15) is 14.0 Å². The van der Waals surface area contributed by atoms with Crippen molar-refractivity contribution in [3.63, 3.8) is 0 Å². The van der Waals surface area contributed by atoms with E-state index in [0.717, 1.165) is 0 Å². The van der Waals surface area contributed by atoms with Gasteiger partial charge < -0.3 is 9.64 Å². The van der Waals surface area contributed by atoms with Gasteiger partial charge in [0.1, 0.15) is 0 Å². The number of amides is 1. The van der Waals surface area contributed by atoms with Crippen molar-refractivity contribution in [3.8, 4) is 0 Å². The second-order valence-corrected chi connectivity index (χ2v) is 6.52. The van der Waals surface area contributed by atoms with E-state index in [1.807, 2.05) is 24.3 Å². The Balaban J connectivity index is 1.86. The van der Waals surface area contributed by atoms with E-state index < -0.39 is 29.0 Å². The van der Waals surface area contributed by atoms with Crippen LogP contribution in [0.15, 0.2) is 37.0 Å². The maximum atomic E-state index is 14.8. The van der Waals surface area contributed by atoms with Crippen LogP contribution in [0.1, 0.15) is 26.2 Å². The van der Waals surface area contributed by atoms with Crippen molar-refractivity contribution in [2.75, 3.05) is 13.2 Å². The lowest BCUT2D eigenvalue weighted by atomic mass is 9.86. The molecule has 4 nitrogen and oxygen atoms in total. The number of halogens is 1. The zero-order valence-electron chi connectivity index (χ0n) is 13.3. The van der Waals surface area contributed by atoms with Crippen LogP contribution in [0.2, 0.25) is 0 Å². The van der Waals surface area contributed by atoms with Crippen molar-refractivity contribution in [2.24, 2.45) is 11.3 Å². The summed E-state index contributed by atoms with van der Waals surface area (Å²) in [5.74, 6) is -1.55. The molecular formula is C18H22FNO3. The Bertz CT molecular complexity index is 593. The molecule has 0 radical (unpaired) electrons. The van der Waals surface area contributed by atoms with E-state index in [-0.39, 0.29) is 19.1 Å². The molecule has 1 saturated heterocycles. The van der Waals surface area contributed by atoms with Crippen LogP contribution in [0.25, 0.3) is 0 Å². The van der Waals surface area contributed by atoms with Crippen molar-refractivity contribution in [1.82, 2.24) is 4.90 Å². The molecule has 3 aliphatic rings. The number of alkyl halides is 1. The van der Waals surface area contributed by atoms with Crippen LogP contribution in [-0.4, -0.2) is 41.6 Å². The largest absolute Gasteiger partial charge is 0.466 e. The monoisotopic (exact) mass is 319 g/mol. The number of carbonyl (C=O) groups is 2. The van der Waals surface area contributed by atoms with E-state index in [4.69, 9.17) is 4.74 Å². The quantitative estimate of drug-likeness (QED) is 0.578. The summed E-state index contributed by atoms with van der Waals surface area (Å²) in [6.45, 7) is 6.06. The molecule has 1 aliphatic heterocycles. The smallest absolute Gasteiger partial charge is 0.312 e. The van der Waals surface area contributed by atoms with Crippen molar-refractivity contribution >= 4 is 11.9 Å². The van der Waals surface area contributed by atoms with Crippen LogP contribution in [0.5, 0.6) is 0 Å². The Morgan fingerprint density at radius 3 is 2.78 bits per heavy atom. The van der Waals surface area contributed by atoms with E-state index in [1.54, 1.807) is 13.0 Å². The predicted molar refractivity (Wildman–Crippen MR) is 84.2 cm³/mol. The molecule has 3 atom stereocenters. The Morgan fingerprint density at radius 2 is 2.26 bits per heavy atom. The summed E-state index contributed by atoms with van der Waals surface area (Å²) >= 11 is 0. The molecule has 3 rings (SSSR count). The highest BCUT2D eigenvalue weighted by Gasteiger charge is 2.64. The van der Waals surface area contributed by atoms with Crippen LogP contribution in [0.3, 0.4) is 0 Å². The molecule has 0 aromatic carbocycles. The summed E-state index contributed by atoms with van der Waals surface area (Å²) in [5, 5.41) is 0. The first-order valence-corrected chi connectivity index (χ1v) is 8.11. The van der Waals surface area contributed by atoms with Crippen molar-refractivity contribution < 1.29 is 18.7 Å². The van der Waals surface area contributed by atoms with Gasteiger partial charge in [0.25, 0.3) is 5.91 Å². The number of hydrogen-bond acceptors (Lipinski definition) is 3. The maximum absolute atomic E-state index is 14.8. The van der Waals surface area contributed by atoms with E-state index in [2.05, 4.69) is 6.58 Å². The summed E-state index contributed by atoms with van der Waals surface area (Å²) in [4.78, 5) is 26.3. The minimum Gasteiger partial charge on any atom is -0.466 e. The van der Waals surface area contributed by atoms with E-state index in [0.29, 0.717) is 19.3 Å². The number of carbonyl (C=O) groups excluding carboxylic acids is 2. The molecule has 2 aliphatic carbocycles. The Labute approximate surface area is 135 Å². The minimum absolute atomic E-state index is 0.225. The van der Waals surface area contributed by atoms with E-state index in [1.165, 1.54) is 4.90 Å². The fraction of sp³-hybridized carbons (Fsp3) is 0.556. The number of likely N-dealkylation sites (tertiary alicyclic amines) is 1. The zero-order chi connectivity index (χ0) is 16.7. The van der Waals surface area contributed by atoms with Crippen molar-refractivity contribution in [3.05, 3.63) is 37.0 Å². The number of rotatable bonds is 5. The van der Waals surface area contributed by atoms with E-state index >= 15 is 0 Å². The second-order valence-electron chi connectivity index (χ2n) is 6.52. The first-order chi connectivity index (χ1) is 11.0. The summed E-state index contributed by atoms with van der Waals surface area (Å²) in [6, 6.07) is 0. The molecule has 2 fully saturated rings. The van der Waals surface area contributed by atoms with Gasteiger partial charge in [-0.05, 0) is 26.2 Å². The van der Waals surface area contributed by atoms with Gasteiger partial charge in [0.2, 0.25) is 0 Å². The van der Waals surface area contributed by atoms with Gasteiger partial charge in [-0.1, -0.05) is 30.4 Å². The molecule has 124 valence electrons. The third-order valence-corrected chi connectivity index (χ3v) is 5.35. The van der Waals surface area contributed by atoms with Gasteiger partial charge >= 0.3 is 5.97 Å². The molecule has 0 aromatic rings. The lowest BCUT2D eigenvalue weighted by Crippen LogP contribution is -2.48. The standard InChI is InChI=1S/C18H22FNO3/c1-3-17(8-6-5-7-9-17)20-12-13(14(19)15(20)21)18(10-11-18)16(22)23-4-2/h3,5-8,13-14H,1,4,9-12H2,2H3/t13-,14+,17-/m0/s1. The Morgan fingerprint density at radius 1 is 1.52 bits per heavy atom. The first-order valence-electron chi connectivity index (χ1n) is 8.11. The highest BCUT2D eigenvalue weighted by molar-refractivity contribution is 5.88. The topological polar surface area (TPSA) is 46.6 Å². The third kappa shape index (κ3) is 2.33. The van der Waals surface area contributed by atoms with Gasteiger partial charge in [0.05, 0.1) is 17.6 Å². The maximum Gasteiger partial charge on any atom is 0.312 e. The van der Waals surface area contributed by atoms with Crippen molar-refractivity contribution in [1.29, 1.82) is 0 Å².